The number of aliphatic hydroxyl groups is 1. The minimum absolute atomic E-state index is 0.00202. The van der Waals surface area contributed by atoms with Crippen LogP contribution >= 0.6 is 0 Å². The van der Waals surface area contributed by atoms with Crippen LogP contribution in [0.3, 0.4) is 0 Å². The molecule has 2 saturated heterocycles. The summed E-state index contributed by atoms with van der Waals surface area (Å²) in [6, 6.07) is 10.6. The first-order chi connectivity index (χ1) is 22.5. The van der Waals surface area contributed by atoms with Crippen molar-refractivity contribution in [2.24, 2.45) is 11.8 Å². The Kier molecular flexibility index (Phi) is 11.5. The highest BCUT2D eigenvalue weighted by Crippen LogP contribution is 2.35. The fourth-order valence-electron chi connectivity index (χ4n) is 5.73. The average Bonchev–Trinajstić information content (AvgIpc) is 3.78. The van der Waals surface area contributed by atoms with E-state index in [-0.39, 0.29) is 62.2 Å². The minimum atomic E-state index is -4.08. The van der Waals surface area contributed by atoms with Gasteiger partial charge in [-0.05, 0) is 48.6 Å². The first-order valence-corrected chi connectivity index (χ1v) is 17.2. The molecular weight excluding hydrogens is 634 g/mol. The highest BCUT2D eigenvalue weighted by atomic mass is 32.2. The number of hydrogen-bond acceptors (Lipinski definition) is 11. The number of sulfonamides is 1. The topological polar surface area (TPSA) is 171 Å². The Balaban J connectivity index is 1.31. The molecule has 3 N–H and O–H groups in total. The summed E-state index contributed by atoms with van der Waals surface area (Å²) >= 11 is 0. The molecule has 0 aromatic heterocycles. The molecule has 15 heteroatoms. The molecule has 0 radical (unpaired) electrons. The molecule has 0 aliphatic carbocycles. The lowest BCUT2D eigenvalue weighted by molar-refractivity contribution is -0.119. The monoisotopic (exact) mass is 677 g/mol. The Morgan fingerprint density at radius 3 is 2.57 bits per heavy atom. The maximum atomic E-state index is 13.9. The third kappa shape index (κ3) is 9.05. The number of nitrogens with one attached hydrogen (secondary N) is 2. The number of aliphatic hydroxyl groups excluding tert-OH is 1. The van der Waals surface area contributed by atoms with E-state index < -0.39 is 40.7 Å². The van der Waals surface area contributed by atoms with Crippen LogP contribution in [0.4, 0.5) is 4.79 Å². The smallest absolute Gasteiger partial charge is 0.407 e. The number of benzene rings is 2. The highest BCUT2D eigenvalue weighted by molar-refractivity contribution is 7.89. The van der Waals surface area contributed by atoms with Gasteiger partial charge in [-0.2, -0.15) is 4.31 Å². The Bertz CT molecular complexity index is 1490. The molecule has 2 aromatic carbocycles. The summed E-state index contributed by atoms with van der Waals surface area (Å²) in [5.74, 6) is 1.07. The van der Waals surface area contributed by atoms with E-state index in [1.165, 1.54) is 23.4 Å². The Morgan fingerprint density at radius 2 is 1.83 bits per heavy atom. The van der Waals surface area contributed by atoms with Crippen molar-refractivity contribution in [2.45, 2.75) is 63.0 Å². The van der Waals surface area contributed by atoms with Gasteiger partial charge in [0, 0.05) is 26.1 Å². The van der Waals surface area contributed by atoms with Crippen molar-refractivity contribution in [3.63, 3.8) is 0 Å². The summed E-state index contributed by atoms with van der Waals surface area (Å²) < 4.78 is 62.2. The van der Waals surface area contributed by atoms with Crippen LogP contribution in [-0.4, -0.2) is 101 Å². The maximum Gasteiger partial charge on any atom is 0.407 e. The maximum absolute atomic E-state index is 13.9. The van der Waals surface area contributed by atoms with Gasteiger partial charge in [0.1, 0.15) is 18.5 Å². The lowest BCUT2D eigenvalue weighted by atomic mass is 10.0. The summed E-state index contributed by atoms with van der Waals surface area (Å²) in [6.07, 6.45) is -2.10. The predicted octanol–water partition coefficient (Wildman–Crippen LogP) is 2.04. The molecule has 0 spiro atoms. The summed E-state index contributed by atoms with van der Waals surface area (Å²) in [5, 5.41) is 17.0. The van der Waals surface area contributed by atoms with Gasteiger partial charge in [0.05, 0.1) is 42.7 Å². The number of rotatable bonds is 15. The van der Waals surface area contributed by atoms with E-state index >= 15 is 0 Å². The zero-order chi connectivity index (χ0) is 33.6. The average molecular weight is 678 g/mol. The third-order valence-electron chi connectivity index (χ3n) is 8.08. The molecule has 3 aliphatic heterocycles. The van der Waals surface area contributed by atoms with Gasteiger partial charge in [-0.25, -0.2) is 13.2 Å². The molecule has 3 aliphatic rings. The van der Waals surface area contributed by atoms with Gasteiger partial charge in [-0.1, -0.05) is 26.0 Å². The largest absolute Gasteiger partial charge is 0.492 e. The molecule has 5 atom stereocenters. The summed E-state index contributed by atoms with van der Waals surface area (Å²) in [4.78, 5) is 24.3. The number of hydrogen-bond donors (Lipinski definition) is 3. The normalized spacial score (nSPS) is 21.4. The molecule has 14 nitrogen and oxygen atoms in total. The fraction of sp³-hybridized carbons (Fsp3) is 0.562. The van der Waals surface area contributed by atoms with Crippen molar-refractivity contribution in [3.8, 4) is 17.2 Å². The number of fused-ring (bicyclic) bond motifs is 2. The third-order valence-corrected chi connectivity index (χ3v) is 9.90. The lowest BCUT2D eigenvalue weighted by Gasteiger charge is -2.31. The van der Waals surface area contributed by atoms with Crippen molar-refractivity contribution in [1.29, 1.82) is 0 Å². The van der Waals surface area contributed by atoms with Gasteiger partial charge < -0.3 is 44.2 Å². The van der Waals surface area contributed by atoms with E-state index in [0.717, 1.165) is 5.56 Å². The molecule has 0 saturated carbocycles. The van der Waals surface area contributed by atoms with Gasteiger partial charge in [0.25, 0.3) is 0 Å². The standard InChI is InChI=1S/C32H43N3O11S/c1-20(2)16-35(47(39,40)24-8-9-28-29(15-24)45-19-44-28)17-27(37)26(34-32(38)46-30-18-43-31-25(30)10-12-42-31)14-22-4-6-23(7-5-22)41-13-11-33-21(3)36/h4-9,15,20,25-27,30-31,37H,10-14,16-19H2,1-3H3,(H,33,36)(H,34,38). The van der Waals surface area contributed by atoms with Gasteiger partial charge in [0.15, 0.2) is 17.8 Å². The van der Waals surface area contributed by atoms with E-state index in [4.69, 9.17) is 28.4 Å². The van der Waals surface area contributed by atoms with Gasteiger partial charge >= 0.3 is 6.09 Å². The highest BCUT2D eigenvalue weighted by Gasteiger charge is 2.44. The molecule has 5 unspecified atom stereocenters. The Morgan fingerprint density at radius 1 is 1.06 bits per heavy atom. The van der Waals surface area contributed by atoms with E-state index in [1.54, 1.807) is 30.3 Å². The Labute approximate surface area is 274 Å². The molecule has 2 fully saturated rings. The zero-order valence-corrected chi connectivity index (χ0v) is 27.6. The lowest BCUT2D eigenvalue weighted by Crippen LogP contribution is -2.51. The fourth-order valence-corrected chi connectivity index (χ4v) is 7.36. The van der Waals surface area contributed by atoms with E-state index in [1.807, 2.05) is 13.8 Å². The molecule has 3 heterocycles. The first-order valence-electron chi connectivity index (χ1n) is 15.7. The van der Waals surface area contributed by atoms with E-state index in [9.17, 15) is 23.1 Å². The molecule has 5 rings (SSSR count). The number of carbonyl (C=O) groups excluding carboxylic acids is 2. The molecule has 258 valence electrons. The van der Waals surface area contributed by atoms with Gasteiger partial charge in [-0.15, -0.1) is 0 Å². The SMILES string of the molecule is CC(=O)NCCOc1ccc(CC(NC(=O)OC2COC3OCCC23)C(O)CN(CC(C)C)S(=O)(=O)c2ccc3c(c2)OCO3)cc1. The predicted molar refractivity (Wildman–Crippen MR) is 167 cm³/mol. The number of amides is 2. The number of carbonyl (C=O) groups is 2. The van der Waals surface area contributed by atoms with E-state index in [2.05, 4.69) is 10.6 Å². The summed E-state index contributed by atoms with van der Waals surface area (Å²) in [5.41, 5.74) is 0.756. The molecule has 2 amide bonds. The van der Waals surface area contributed by atoms with Crippen molar-refractivity contribution < 1.29 is 51.5 Å². The molecule has 2 aromatic rings. The second kappa shape index (κ2) is 15.5. The minimum Gasteiger partial charge on any atom is -0.492 e. The van der Waals surface area contributed by atoms with Crippen LogP contribution < -0.4 is 24.8 Å². The van der Waals surface area contributed by atoms with Crippen molar-refractivity contribution in [1.82, 2.24) is 14.9 Å². The molecule has 47 heavy (non-hydrogen) atoms. The van der Waals surface area contributed by atoms with Crippen LogP contribution in [0.15, 0.2) is 47.4 Å². The van der Waals surface area contributed by atoms with Crippen LogP contribution in [0.5, 0.6) is 17.2 Å². The summed E-state index contributed by atoms with van der Waals surface area (Å²) in [7, 11) is -4.08. The van der Waals surface area contributed by atoms with Crippen LogP contribution in [0.25, 0.3) is 0 Å². The van der Waals surface area contributed by atoms with Gasteiger partial charge in [-0.3, -0.25) is 4.79 Å². The van der Waals surface area contributed by atoms with Crippen molar-refractivity contribution in [2.75, 3.05) is 46.2 Å². The molecular formula is C32H43N3O11S. The summed E-state index contributed by atoms with van der Waals surface area (Å²) in [6.45, 7) is 6.39. The zero-order valence-electron chi connectivity index (χ0n) is 26.8. The van der Waals surface area contributed by atoms with E-state index in [0.29, 0.717) is 36.8 Å². The Hall–Kier alpha value is -3.63. The van der Waals surface area contributed by atoms with Crippen LogP contribution in [0, 0.1) is 11.8 Å². The quantitative estimate of drug-likeness (QED) is 0.236. The number of ether oxygens (including phenoxy) is 6. The van der Waals surface area contributed by atoms with Crippen molar-refractivity contribution in [3.05, 3.63) is 48.0 Å². The first kappa shape index (κ1) is 34.7. The second-order valence-corrected chi connectivity index (χ2v) is 14.1. The molecule has 0 bridgehead atoms. The van der Waals surface area contributed by atoms with Crippen LogP contribution in [0.1, 0.15) is 32.8 Å². The van der Waals surface area contributed by atoms with Crippen LogP contribution in [0.2, 0.25) is 0 Å². The number of alkyl carbamates (subject to hydrolysis) is 1. The van der Waals surface area contributed by atoms with Crippen LogP contribution in [-0.2, 0) is 35.4 Å². The second-order valence-electron chi connectivity index (χ2n) is 12.2. The number of nitrogens with zero attached hydrogens (tertiary/aromatic N) is 1. The van der Waals surface area contributed by atoms with Gasteiger partial charge in [0.2, 0.25) is 22.7 Å². The van der Waals surface area contributed by atoms with Crippen molar-refractivity contribution >= 4 is 22.0 Å².